The standard InChI is InChI=1S/C12H14Cl2N2O2/c1-18-10-5-11(15-6-10)12(17)16-9-3-7(13)2-8(14)4-9/h2-4,10-11,15H,5-6H2,1H3,(H,16,17). The number of hydrogen-bond acceptors (Lipinski definition) is 3. The molecular weight excluding hydrogens is 275 g/mol. The Kier molecular flexibility index (Phi) is 4.45. The maximum Gasteiger partial charge on any atom is 0.241 e. The first kappa shape index (κ1) is 13.6. The number of ether oxygens (including phenoxy) is 1. The summed E-state index contributed by atoms with van der Waals surface area (Å²) in [7, 11) is 1.64. The molecular formula is C12H14Cl2N2O2. The summed E-state index contributed by atoms with van der Waals surface area (Å²) in [6, 6.07) is 4.70. The van der Waals surface area contributed by atoms with Gasteiger partial charge in [0.1, 0.15) is 0 Å². The predicted octanol–water partition coefficient (Wildman–Crippen LogP) is 2.31. The zero-order chi connectivity index (χ0) is 13.1. The lowest BCUT2D eigenvalue weighted by Gasteiger charge is -2.11. The van der Waals surface area contributed by atoms with Crippen LogP contribution in [0.3, 0.4) is 0 Å². The molecule has 1 fully saturated rings. The average molecular weight is 289 g/mol. The molecule has 1 aromatic rings. The number of benzene rings is 1. The second-order valence-electron chi connectivity index (χ2n) is 4.20. The van der Waals surface area contributed by atoms with Crippen LogP contribution in [0.1, 0.15) is 6.42 Å². The summed E-state index contributed by atoms with van der Waals surface area (Å²) in [5.41, 5.74) is 0.597. The third-order valence-electron chi connectivity index (χ3n) is 2.87. The molecule has 2 N–H and O–H groups in total. The summed E-state index contributed by atoms with van der Waals surface area (Å²) in [6.07, 6.45) is 0.750. The predicted molar refractivity (Wildman–Crippen MR) is 72.3 cm³/mol. The number of carbonyl (C=O) groups excluding carboxylic acids is 1. The van der Waals surface area contributed by atoms with Gasteiger partial charge < -0.3 is 15.4 Å². The summed E-state index contributed by atoms with van der Waals surface area (Å²) in [4.78, 5) is 12.0. The number of halogens is 2. The molecule has 2 unspecified atom stereocenters. The molecule has 0 aliphatic carbocycles. The Bertz CT molecular complexity index is 433. The molecule has 0 radical (unpaired) electrons. The highest BCUT2D eigenvalue weighted by molar-refractivity contribution is 6.35. The Hall–Kier alpha value is -0.810. The third kappa shape index (κ3) is 3.36. The number of methoxy groups -OCH3 is 1. The van der Waals surface area contributed by atoms with Gasteiger partial charge in [-0.15, -0.1) is 0 Å². The number of amides is 1. The van der Waals surface area contributed by atoms with Crippen molar-refractivity contribution in [3.05, 3.63) is 28.2 Å². The smallest absolute Gasteiger partial charge is 0.241 e. The number of carbonyl (C=O) groups is 1. The van der Waals surface area contributed by atoms with E-state index in [9.17, 15) is 4.79 Å². The van der Waals surface area contributed by atoms with Crippen molar-refractivity contribution in [1.29, 1.82) is 0 Å². The molecule has 2 atom stereocenters. The molecule has 0 bridgehead atoms. The van der Waals surface area contributed by atoms with Crippen molar-refractivity contribution in [3.63, 3.8) is 0 Å². The van der Waals surface area contributed by atoms with E-state index in [1.807, 2.05) is 0 Å². The number of anilines is 1. The molecule has 0 spiro atoms. The number of hydrogen-bond donors (Lipinski definition) is 2. The minimum Gasteiger partial charge on any atom is -0.380 e. The zero-order valence-electron chi connectivity index (χ0n) is 9.87. The minimum absolute atomic E-state index is 0.0868. The van der Waals surface area contributed by atoms with Crippen molar-refractivity contribution in [3.8, 4) is 0 Å². The van der Waals surface area contributed by atoms with E-state index < -0.39 is 0 Å². The second-order valence-corrected chi connectivity index (χ2v) is 5.07. The van der Waals surface area contributed by atoms with Gasteiger partial charge in [0, 0.05) is 29.4 Å². The van der Waals surface area contributed by atoms with E-state index in [1.165, 1.54) is 0 Å². The van der Waals surface area contributed by atoms with Crippen molar-refractivity contribution in [2.45, 2.75) is 18.6 Å². The zero-order valence-corrected chi connectivity index (χ0v) is 11.4. The fraction of sp³-hybridized carbons (Fsp3) is 0.417. The molecule has 1 saturated heterocycles. The highest BCUT2D eigenvalue weighted by Crippen LogP contribution is 2.23. The molecule has 1 aromatic carbocycles. The van der Waals surface area contributed by atoms with E-state index in [4.69, 9.17) is 27.9 Å². The fourth-order valence-electron chi connectivity index (χ4n) is 1.94. The molecule has 6 heteroatoms. The van der Waals surface area contributed by atoms with Crippen molar-refractivity contribution >= 4 is 34.8 Å². The lowest BCUT2D eigenvalue weighted by atomic mass is 10.2. The van der Waals surface area contributed by atoms with Crippen LogP contribution in [-0.4, -0.2) is 31.7 Å². The SMILES string of the molecule is COC1CNC(C(=O)Nc2cc(Cl)cc(Cl)c2)C1. The molecule has 1 amide bonds. The maximum absolute atomic E-state index is 12.0. The average Bonchev–Trinajstić information content (AvgIpc) is 2.75. The first-order valence-electron chi connectivity index (χ1n) is 5.61. The van der Waals surface area contributed by atoms with Crippen LogP contribution in [0.5, 0.6) is 0 Å². The van der Waals surface area contributed by atoms with E-state index in [0.29, 0.717) is 28.7 Å². The van der Waals surface area contributed by atoms with Crippen molar-refractivity contribution in [2.75, 3.05) is 19.0 Å². The van der Waals surface area contributed by atoms with Crippen molar-refractivity contribution < 1.29 is 9.53 Å². The lowest BCUT2D eigenvalue weighted by Crippen LogP contribution is -2.35. The summed E-state index contributed by atoms with van der Waals surface area (Å²) in [5, 5.41) is 6.87. The van der Waals surface area contributed by atoms with Crippen molar-refractivity contribution in [2.24, 2.45) is 0 Å². The molecule has 2 rings (SSSR count). The molecule has 1 aliphatic heterocycles. The Labute approximate surface area is 116 Å². The normalized spacial score (nSPS) is 23.1. The van der Waals surface area contributed by atoms with Gasteiger partial charge in [0.25, 0.3) is 0 Å². The summed E-state index contributed by atoms with van der Waals surface area (Å²) >= 11 is 11.7. The minimum atomic E-state index is -0.243. The van der Waals surface area contributed by atoms with Crippen molar-refractivity contribution in [1.82, 2.24) is 5.32 Å². The van der Waals surface area contributed by atoms with Gasteiger partial charge in [0.15, 0.2) is 0 Å². The highest BCUT2D eigenvalue weighted by atomic mass is 35.5. The third-order valence-corrected chi connectivity index (χ3v) is 3.31. The topological polar surface area (TPSA) is 50.4 Å². The van der Waals surface area contributed by atoms with Crippen LogP contribution in [0.25, 0.3) is 0 Å². The summed E-state index contributed by atoms with van der Waals surface area (Å²) < 4.78 is 5.20. The Morgan fingerprint density at radius 1 is 1.39 bits per heavy atom. The summed E-state index contributed by atoms with van der Waals surface area (Å²) in [6.45, 7) is 0.685. The van der Waals surface area contributed by atoms with Crippen LogP contribution in [0.15, 0.2) is 18.2 Å². The van der Waals surface area contributed by atoms with Crippen LogP contribution in [0.4, 0.5) is 5.69 Å². The first-order chi connectivity index (χ1) is 8.58. The molecule has 4 nitrogen and oxygen atoms in total. The van der Waals surface area contributed by atoms with Gasteiger partial charge in [-0.2, -0.15) is 0 Å². The largest absolute Gasteiger partial charge is 0.380 e. The molecule has 0 aromatic heterocycles. The van der Waals surface area contributed by atoms with Gasteiger partial charge in [0.05, 0.1) is 12.1 Å². The van der Waals surface area contributed by atoms with Gasteiger partial charge in [-0.05, 0) is 24.6 Å². The molecule has 1 aliphatic rings. The molecule has 0 saturated carbocycles. The summed E-state index contributed by atoms with van der Waals surface area (Å²) in [5.74, 6) is -0.104. The van der Waals surface area contributed by atoms with Crippen LogP contribution in [-0.2, 0) is 9.53 Å². The Balaban J connectivity index is 1.99. The Morgan fingerprint density at radius 3 is 2.61 bits per heavy atom. The number of rotatable bonds is 3. The fourth-order valence-corrected chi connectivity index (χ4v) is 2.46. The lowest BCUT2D eigenvalue weighted by molar-refractivity contribution is -0.118. The van der Waals surface area contributed by atoms with Gasteiger partial charge in [-0.25, -0.2) is 0 Å². The Morgan fingerprint density at radius 2 is 2.06 bits per heavy atom. The van der Waals surface area contributed by atoms with Crippen LogP contribution >= 0.6 is 23.2 Å². The van der Waals surface area contributed by atoms with Crippen LogP contribution < -0.4 is 10.6 Å². The van der Waals surface area contributed by atoms with E-state index in [0.717, 1.165) is 0 Å². The van der Waals surface area contributed by atoms with Gasteiger partial charge in [-0.1, -0.05) is 23.2 Å². The molecule has 1 heterocycles. The molecule has 18 heavy (non-hydrogen) atoms. The maximum atomic E-state index is 12.0. The van der Waals surface area contributed by atoms with E-state index >= 15 is 0 Å². The second kappa shape index (κ2) is 5.89. The van der Waals surface area contributed by atoms with Crippen LogP contribution in [0, 0.1) is 0 Å². The first-order valence-corrected chi connectivity index (χ1v) is 6.37. The molecule has 98 valence electrons. The monoisotopic (exact) mass is 288 g/mol. The van der Waals surface area contributed by atoms with Gasteiger partial charge in [-0.3, -0.25) is 4.79 Å². The van der Waals surface area contributed by atoms with Crippen LogP contribution in [0.2, 0.25) is 10.0 Å². The number of nitrogens with one attached hydrogen (secondary N) is 2. The van der Waals surface area contributed by atoms with E-state index in [1.54, 1.807) is 25.3 Å². The highest BCUT2D eigenvalue weighted by Gasteiger charge is 2.29. The van der Waals surface area contributed by atoms with Gasteiger partial charge in [0.2, 0.25) is 5.91 Å². The van der Waals surface area contributed by atoms with E-state index in [2.05, 4.69) is 10.6 Å². The van der Waals surface area contributed by atoms with E-state index in [-0.39, 0.29) is 18.1 Å². The van der Waals surface area contributed by atoms with Gasteiger partial charge >= 0.3 is 0 Å². The quantitative estimate of drug-likeness (QED) is 0.897.